The van der Waals surface area contributed by atoms with Crippen LogP contribution in [0.5, 0.6) is 0 Å². The average Bonchev–Trinajstić information content (AvgIpc) is 2.89. The summed E-state index contributed by atoms with van der Waals surface area (Å²) in [5.74, 6) is 0.951. The number of nitrogens with zero attached hydrogens (tertiary/aromatic N) is 1. The molecule has 0 aromatic carbocycles. The number of carbonyl (C=O) groups excluding carboxylic acids is 1. The summed E-state index contributed by atoms with van der Waals surface area (Å²) in [5, 5.41) is 17.1. The Balaban J connectivity index is 1.84. The first-order valence-corrected chi connectivity index (χ1v) is 8.39. The summed E-state index contributed by atoms with van der Waals surface area (Å²) in [7, 11) is 0. The first-order chi connectivity index (χ1) is 9.56. The van der Waals surface area contributed by atoms with E-state index in [4.69, 9.17) is 5.11 Å². The van der Waals surface area contributed by atoms with E-state index in [9.17, 15) is 9.59 Å². The zero-order chi connectivity index (χ0) is 14.5. The van der Waals surface area contributed by atoms with E-state index in [1.165, 1.54) is 16.7 Å². The number of hydrogen-bond donors (Lipinski definition) is 3. The number of carbonyl (C=O) groups is 2. The highest BCUT2D eigenvalue weighted by Gasteiger charge is 2.20. The van der Waals surface area contributed by atoms with Gasteiger partial charge in [-0.3, -0.25) is 4.79 Å². The summed E-state index contributed by atoms with van der Waals surface area (Å²) >= 11 is 3.10. The van der Waals surface area contributed by atoms with Gasteiger partial charge in [0.2, 0.25) is 5.91 Å². The van der Waals surface area contributed by atoms with E-state index in [1.54, 1.807) is 0 Å². The van der Waals surface area contributed by atoms with E-state index in [-0.39, 0.29) is 23.7 Å². The van der Waals surface area contributed by atoms with Gasteiger partial charge in [0.25, 0.3) is 0 Å². The molecular weight excluding hydrogens is 298 g/mol. The minimum Gasteiger partial charge on any atom is -0.476 e. The fourth-order valence-electron chi connectivity index (χ4n) is 1.92. The van der Waals surface area contributed by atoms with Gasteiger partial charge in [0.1, 0.15) is 5.01 Å². The number of carboxylic acid groups (broad SMARTS) is 1. The van der Waals surface area contributed by atoms with E-state index in [1.807, 2.05) is 18.7 Å². The van der Waals surface area contributed by atoms with E-state index >= 15 is 0 Å². The normalized spacial score (nSPS) is 20.4. The third-order valence-electron chi connectivity index (χ3n) is 2.92. The van der Waals surface area contributed by atoms with Crippen LogP contribution in [0.25, 0.3) is 0 Å². The van der Waals surface area contributed by atoms with E-state index in [2.05, 4.69) is 15.6 Å². The second kappa shape index (κ2) is 7.05. The van der Waals surface area contributed by atoms with Crippen molar-refractivity contribution < 1.29 is 14.7 Å². The molecule has 1 amide bonds. The molecule has 0 saturated carbocycles. The summed E-state index contributed by atoms with van der Waals surface area (Å²) in [5.41, 5.74) is 0.0245. The molecule has 1 aliphatic heterocycles. The number of carboxylic acids is 1. The molecule has 2 rings (SSSR count). The zero-order valence-electron chi connectivity index (χ0n) is 11.1. The molecule has 3 N–H and O–H groups in total. The molecule has 20 heavy (non-hydrogen) atoms. The van der Waals surface area contributed by atoms with E-state index in [0.29, 0.717) is 11.4 Å². The van der Waals surface area contributed by atoms with Crippen molar-refractivity contribution in [3.63, 3.8) is 0 Å². The summed E-state index contributed by atoms with van der Waals surface area (Å²) < 4.78 is 0. The molecule has 0 radical (unpaired) electrons. The van der Waals surface area contributed by atoms with Gasteiger partial charge in [-0.2, -0.15) is 11.8 Å². The van der Waals surface area contributed by atoms with Crippen molar-refractivity contribution in [1.29, 1.82) is 0 Å². The first kappa shape index (κ1) is 15.3. The lowest BCUT2D eigenvalue weighted by Gasteiger charge is -2.23. The van der Waals surface area contributed by atoms with Gasteiger partial charge in [-0.05, 0) is 6.92 Å². The highest BCUT2D eigenvalue weighted by Crippen LogP contribution is 2.18. The summed E-state index contributed by atoms with van der Waals surface area (Å²) in [6.07, 6.45) is 0.439. The Labute approximate surface area is 125 Å². The maximum atomic E-state index is 11.9. The fraction of sp³-hybridized carbons (Fsp3) is 0.583. The Bertz CT molecular complexity index is 486. The largest absolute Gasteiger partial charge is 0.476 e. The molecule has 1 saturated heterocycles. The molecule has 1 aromatic rings. The topological polar surface area (TPSA) is 91.3 Å². The lowest BCUT2D eigenvalue weighted by molar-refractivity contribution is -0.122. The highest BCUT2D eigenvalue weighted by atomic mass is 32.2. The minimum absolute atomic E-state index is 0.0245. The average molecular weight is 315 g/mol. The maximum absolute atomic E-state index is 11.9. The smallest absolute Gasteiger partial charge is 0.355 e. The van der Waals surface area contributed by atoms with Crippen LogP contribution in [0.15, 0.2) is 5.38 Å². The molecule has 2 heterocycles. The third kappa shape index (κ3) is 4.19. The molecule has 0 spiro atoms. The monoisotopic (exact) mass is 315 g/mol. The quantitative estimate of drug-likeness (QED) is 0.754. The number of aromatic carboxylic acids is 1. The van der Waals surface area contributed by atoms with Crippen LogP contribution in [0.2, 0.25) is 0 Å². The summed E-state index contributed by atoms with van der Waals surface area (Å²) in [6, 6.07) is -0.0522. The number of amides is 1. The van der Waals surface area contributed by atoms with Crippen molar-refractivity contribution in [3.05, 3.63) is 16.1 Å². The van der Waals surface area contributed by atoms with Gasteiger partial charge in [-0.15, -0.1) is 11.3 Å². The zero-order valence-corrected chi connectivity index (χ0v) is 12.7. The van der Waals surface area contributed by atoms with Crippen molar-refractivity contribution in [3.8, 4) is 0 Å². The molecule has 2 atom stereocenters. The molecular formula is C12H17N3O3S2. The van der Waals surface area contributed by atoms with Crippen LogP contribution in [0, 0.1) is 0 Å². The Morgan fingerprint density at radius 1 is 1.65 bits per heavy atom. The van der Waals surface area contributed by atoms with Crippen LogP contribution < -0.4 is 10.6 Å². The minimum atomic E-state index is -1.05. The van der Waals surface area contributed by atoms with Gasteiger partial charge < -0.3 is 15.7 Å². The van der Waals surface area contributed by atoms with Crippen molar-refractivity contribution in [2.24, 2.45) is 0 Å². The summed E-state index contributed by atoms with van der Waals surface area (Å²) in [4.78, 5) is 26.7. The van der Waals surface area contributed by atoms with Gasteiger partial charge in [-0.1, -0.05) is 0 Å². The molecule has 0 aliphatic carbocycles. The Kier molecular flexibility index (Phi) is 5.38. The molecule has 2 unspecified atom stereocenters. The van der Waals surface area contributed by atoms with Gasteiger partial charge in [0, 0.05) is 35.9 Å². The molecule has 8 heteroatoms. The highest BCUT2D eigenvalue weighted by molar-refractivity contribution is 7.99. The number of thiazole rings is 1. The van der Waals surface area contributed by atoms with Crippen molar-refractivity contribution >= 4 is 35.0 Å². The molecule has 0 bridgehead atoms. The third-order valence-corrected chi connectivity index (χ3v) is 5.08. The first-order valence-electron chi connectivity index (χ1n) is 6.35. The predicted octanol–water partition coefficient (Wildman–Crippen LogP) is 1.11. The lowest BCUT2D eigenvalue weighted by Crippen LogP contribution is -2.41. The molecule has 1 aromatic heterocycles. The number of thioether (sulfide) groups is 1. The van der Waals surface area contributed by atoms with Crippen LogP contribution >= 0.6 is 23.1 Å². The van der Waals surface area contributed by atoms with Crippen molar-refractivity contribution in [2.75, 3.05) is 18.1 Å². The van der Waals surface area contributed by atoms with Crippen LogP contribution in [-0.2, 0) is 4.79 Å². The number of hydrogen-bond acceptors (Lipinski definition) is 6. The fourth-order valence-corrected chi connectivity index (χ4v) is 3.67. The Morgan fingerprint density at radius 2 is 2.45 bits per heavy atom. The second-order valence-corrected chi connectivity index (χ2v) is 6.63. The van der Waals surface area contributed by atoms with Crippen LogP contribution in [0.1, 0.15) is 34.9 Å². The second-order valence-electron chi connectivity index (χ2n) is 4.60. The Hall–Kier alpha value is -1.12. The molecule has 110 valence electrons. The molecule has 6 nitrogen and oxygen atoms in total. The van der Waals surface area contributed by atoms with Crippen molar-refractivity contribution in [1.82, 2.24) is 15.6 Å². The Morgan fingerprint density at radius 3 is 3.05 bits per heavy atom. The van der Waals surface area contributed by atoms with Gasteiger partial charge in [0.05, 0.1) is 6.04 Å². The van der Waals surface area contributed by atoms with Crippen LogP contribution in [0.4, 0.5) is 0 Å². The number of rotatable bonds is 5. The predicted molar refractivity (Wildman–Crippen MR) is 79.4 cm³/mol. The van der Waals surface area contributed by atoms with E-state index < -0.39 is 5.97 Å². The SMILES string of the molecule is CC(NC(=O)CC1CSCCN1)c1nc(C(=O)O)cs1. The van der Waals surface area contributed by atoms with Crippen LogP contribution in [-0.4, -0.2) is 46.1 Å². The van der Waals surface area contributed by atoms with E-state index in [0.717, 1.165) is 18.1 Å². The maximum Gasteiger partial charge on any atom is 0.355 e. The molecule has 1 fully saturated rings. The van der Waals surface area contributed by atoms with Gasteiger partial charge >= 0.3 is 5.97 Å². The number of aromatic nitrogens is 1. The number of nitrogens with one attached hydrogen (secondary N) is 2. The van der Waals surface area contributed by atoms with Crippen molar-refractivity contribution in [2.45, 2.75) is 25.4 Å². The summed E-state index contributed by atoms with van der Waals surface area (Å²) in [6.45, 7) is 2.75. The van der Waals surface area contributed by atoms with Gasteiger partial charge in [-0.25, -0.2) is 9.78 Å². The standard InChI is InChI=1S/C12H17N3O3S2/c1-7(11-15-9(6-20-11)12(17)18)14-10(16)4-8-5-19-3-2-13-8/h6-8,13H,2-5H2,1H3,(H,14,16)(H,17,18). The molecule has 1 aliphatic rings. The lowest BCUT2D eigenvalue weighted by atomic mass is 10.2. The van der Waals surface area contributed by atoms with Crippen LogP contribution in [0.3, 0.4) is 0 Å². The van der Waals surface area contributed by atoms with Gasteiger partial charge in [0.15, 0.2) is 5.69 Å².